The first-order valence-corrected chi connectivity index (χ1v) is 8.50. The first-order chi connectivity index (χ1) is 10.7. The lowest BCUT2D eigenvalue weighted by Gasteiger charge is -2.19. The zero-order chi connectivity index (χ0) is 15.5. The Hall–Kier alpha value is -1.72. The van der Waals surface area contributed by atoms with Crippen molar-refractivity contribution in [3.05, 3.63) is 34.8 Å². The number of carbonyl (C=O) groups excluding carboxylic acids is 1. The Bertz CT molecular complexity index is 681. The van der Waals surface area contributed by atoms with E-state index in [1.54, 1.807) is 23.5 Å². The van der Waals surface area contributed by atoms with Crippen molar-refractivity contribution < 1.29 is 9.90 Å². The Morgan fingerprint density at radius 3 is 3.00 bits per heavy atom. The normalized spacial score (nSPS) is 17.2. The smallest absolute Gasteiger partial charge is 0.136 e. The number of hydrogen-bond donors (Lipinski definition) is 2. The zero-order valence-electron chi connectivity index (χ0n) is 12.4. The highest BCUT2D eigenvalue weighted by atomic mass is 32.1. The SMILES string of the molecule is NCCCC(=O)C1CCc2nc(-c3ccccc3O)sc2C1. The van der Waals surface area contributed by atoms with E-state index >= 15 is 0 Å². The lowest BCUT2D eigenvalue weighted by Crippen LogP contribution is -2.22. The molecule has 1 atom stereocenters. The Labute approximate surface area is 134 Å². The van der Waals surface area contributed by atoms with E-state index in [0.29, 0.717) is 18.7 Å². The van der Waals surface area contributed by atoms with E-state index in [-0.39, 0.29) is 11.7 Å². The number of aryl methyl sites for hydroxylation is 1. The Balaban J connectivity index is 1.79. The molecule has 0 spiro atoms. The minimum Gasteiger partial charge on any atom is -0.507 e. The highest BCUT2D eigenvalue weighted by molar-refractivity contribution is 7.15. The molecule has 0 saturated carbocycles. The second kappa shape index (κ2) is 6.58. The van der Waals surface area contributed by atoms with Crippen molar-refractivity contribution in [1.82, 2.24) is 4.98 Å². The van der Waals surface area contributed by atoms with Crippen LogP contribution in [0, 0.1) is 5.92 Å². The van der Waals surface area contributed by atoms with Crippen molar-refractivity contribution in [3.63, 3.8) is 0 Å². The quantitative estimate of drug-likeness (QED) is 0.889. The molecule has 3 rings (SSSR count). The van der Waals surface area contributed by atoms with Crippen LogP contribution in [0.5, 0.6) is 5.75 Å². The molecule has 0 aliphatic heterocycles. The van der Waals surface area contributed by atoms with Crippen molar-refractivity contribution in [2.24, 2.45) is 11.7 Å². The van der Waals surface area contributed by atoms with Gasteiger partial charge in [0, 0.05) is 17.2 Å². The molecule has 116 valence electrons. The number of aromatic nitrogens is 1. The van der Waals surface area contributed by atoms with Gasteiger partial charge in [-0.25, -0.2) is 4.98 Å². The fourth-order valence-corrected chi connectivity index (χ4v) is 4.12. The van der Waals surface area contributed by atoms with Crippen LogP contribution in [0.15, 0.2) is 24.3 Å². The molecule has 5 heteroatoms. The van der Waals surface area contributed by atoms with Gasteiger partial charge in [0.2, 0.25) is 0 Å². The Kier molecular flexibility index (Phi) is 4.55. The first kappa shape index (κ1) is 15.2. The third-order valence-electron chi connectivity index (χ3n) is 4.16. The number of phenolic OH excluding ortho intramolecular Hbond substituents is 1. The number of benzene rings is 1. The predicted octanol–water partition coefficient (Wildman–Crippen LogP) is 2.93. The fraction of sp³-hybridized carbons (Fsp3) is 0.412. The maximum atomic E-state index is 12.2. The number of Topliss-reactive ketones (excluding diaryl/α,β-unsaturated/α-hetero) is 1. The topological polar surface area (TPSA) is 76.2 Å². The van der Waals surface area contributed by atoms with E-state index in [2.05, 4.69) is 4.98 Å². The van der Waals surface area contributed by atoms with E-state index in [1.807, 2.05) is 12.1 Å². The number of phenols is 1. The largest absolute Gasteiger partial charge is 0.507 e. The monoisotopic (exact) mass is 316 g/mol. The molecule has 0 saturated heterocycles. The maximum Gasteiger partial charge on any atom is 0.136 e. The summed E-state index contributed by atoms with van der Waals surface area (Å²) in [6.45, 7) is 0.571. The number of nitrogens with two attached hydrogens (primary N) is 1. The fourth-order valence-electron chi connectivity index (χ4n) is 2.90. The van der Waals surface area contributed by atoms with E-state index in [0.717, 1.165) is 41.9 Å². The van der Waals surface area contributed by atoms with Crippen LogP contribution < -0.4 is 5.73 Å². The van der Waals surface area contributed by atoms with Gasteiger partial charge in [0.05, 0.1) is 11.3 Å². The molecule has 4 nitrogen and oxygen atoms in total. The van der Waals surface area contributed by atoms with Crippen molar-refractivity contribution in [2.45, 2.75) is 32.1 Å². The van der Waals surface area contributed by atoms with Crippen molar-refractivity contribution in [1.29, 1.82) is 0 Å². The molecule has 1 unspecified atom stereocenters. The summed E-state index contributed by atoms with van der Waals surface area (Å²) in [6.07, 6.45) is 3.86. The second-order valence-corrected chi connectivity index (χ2v) is 6.79. The van der Waals surface area contributed by atoms with E-state index in [4.69, 9.17) is 5.73 Å². The van der Waals surface area contributed by atoms with Gasteiger partial charge in [-0.3, -0.25) is 4.79 Å². The first-order valence-electron chi connectivity index (χ1n) is 7.68. The van der Waals surface area contributed by atoms with Gasteiger partial charge in [0.1, 0.15) is 16.5 Å². The van der Waals surface area contributed by atoms with Gasteiger partial charge in [-0.1, -0.05) is 12.1 Å². The third-order valence-corrected chi connectivity index (χ3v) is 5.31. The van der Waals surface area contributed by atoms with E-state index in [1.165, 1.54) is 4.88 Å². The number of carbonyl (C=O) groups is 1. The summed E-state index contributed by atoms with van der Waals surface area (Å²) in [5, 5.41) is 10.8. The number of ketones is 1. The Morgan fingerprint density at radius 2 is 2.23 bits per heavy atom. The van der Waals surface area contributed by atoms with Gasteiger partial charge in [-0.05, 0) is 44.4 Å². The maximum absolute atomic E-state index is 12.2. The number of para-hydroxylation sites is 1. The zero-order valence-corrected chi connectivity index (χ0v) is 13.2. The van der Waals surface area contributed by atoms with Crippen LogP contribution >= 0.6 is 11.3 Å². The molecule has 2 aromatic rings. The van der Waals surface area contributed by atoms with Gasteiger partial charge in [-0.2, -0.15) is 0 Å². The lowest BCUT2D eigenvalue weighted by molar-refractivity contribution is -0.123. The highest BCUT2D eigenvalue weighted by Gasteiger charge is 2.27. The van der Waals surface area contributed by atoms with Gasteiger partial charge in [0.25, 0.3) is 0 Å². The number of nitrogens with zero attached hydrogens (tertiary/aromatic N) is 1. The summed E-state index contributed by atoms with van der Waals surface area (Å²) in [6, 6.07) is 7.26. The standard InChI is InChI=1S/C17H20N2O2S/c18-9-3-6-14(20)11-7-8-13-16(10-11)22-17(19-13)12-4-1-2-5-15(12)21/h1-2,4-5,11,21H,3,6-10,18H2. The number of thiazole rings is 1. The molecule has 22 heavy (non-hydrogen) atoms. The van der Waals surface area contributed by atoms with Crippen LogP contribution in [-0.2, 0) is 17.6 Å². The van der Waals surface area contributed by atoms with Crippen molar-refractivity contribution >= 4 is 17.1 Å². The van der Waals surface area contributed by atoms with Crippen LogP contribution in [0.25, 0.3) is 10.6 Å². The molecule has 0 bridgehead atoms. The average Bonchev–Trinajstić information content (AvgIpc) is 2.95. The lowest BCUT2D eigenvalue weighted by atomic mass is 9.86. The summed E-state index contributed by atoms with van der Waals surface area (Å²) in [5.41, 5.74) is 7.34. The summed E-state index contributed by atoms with van der Waals surface area (Å²) < 4.78 is 0. The van der Waals surface area contributed by atoms with Crippen molar-refractivity contribution in [3.8, 4) is 16.3 Å². The molecule has 0 radical (unpaired) electrons. The third kappa shape index (κ3) is 3.05. The minimum atomic E-state index is 0.108. The van der Waals surface area contributed by atoms with Crippen LogP contribution in [0.3, 0.4) is 0 Å². The van der Waals surface area contributed by atoms with Gasteiger partial charge >= 0.3 is 0 Å². The molecule has 3 N–H and O–H groups in total. The average molecular weight is 316 g/mol. The summed E-state index contributed by atoms with van der Waals surface area (Å²) >= 11 is 1.60. The van der Waals surface area contributed by atoms with Crippen LogP contribution in [0.1, 0.15) is 29.8 Å². The molecular weight excluding hydrogens is 296 g/mol. The van der Waals surface area contributed by atoms with Crippen molar-refractivity contribution in [2.75, 3.05) is 6.54 Å². The second-order valence-electron chi connectivity index (χ2n) is 5.70. The molecule has 1 heterocycles. The van der Waals surface area contributed by atoms with Gasteiger partial charge < -0.3 is 10.8 Å². The number of rotatable bonds is 5. The number of fused-ring (bicyclic) bond motifs is 1. The van der Waals surface area contributed by atoms with Gasteiger partial charge in [0.15, 0.2) is 0 Å². The molecule has 1 aromatic heterocycles. The number of hydrogen-bond acceptors (Lipinski definition) is 5. The van der Waals surface area contributed by atoms with E-state index < -0.39 is 0 Å². The molecular formula is C17H20N2O2S. The van der Waals surface area contributed by atoms with Crippen LogP contribution in [-0.4, -0.2) is 22.4 Å². The molecule has 1 aromatic carbocycles. The molecule has 1 aliphatic carbocycles. The number of aromatic hydroxyl groups is 1. The van der Waals surface area contributed by atoms with Gasteiger partial charge in [-0.15, -0.1) is 11.3 Å². The summed E-state index contributed by atoms with van der Waals surface area (Å²) in [7, 11) is 0. The molecule has 0 fully saturated rings. The van der Waals surface area contributed by atoms with E-state index in [9.17, 15) is 9.90 Å². The summed E-state index contributed by atoms with van der Waals surface area (Å²) in [4.78, 5) is 18.0. The van der Waals surface area contributed by atoms with Crippen LogP contribution in [0.2, 0.25) is 0 Å². The van der Waals surface area contributed by atoms with Crippen LogP contribution in [0.4, 0.5) is 0 Å². The molecule has 1 aliphatic rings. The minimum absolute atomic E-state index is 0.108. The summed E-state index contributed by atoms with van der Waals surface area (Å²) in [5.74, 6) is 0.689. The Morgan fingerprint density at radius 1 is 1.41 bits per heavy atom. The molecule has 0 amide bonds. The predicted molar refractivity (Wildman–Crippen MR) is 88.0 cm³/mol. The highest BCUT2D eigenvalue weighted by Crippen LogP contribution is 2.38.